The Morgan fingerprint density at radius 1 is 0.360 bits per heavy atom. The third-order valence-corrected chi connectivity index (χ3v) is 10.1. The van der Waals surface area contributed by atoms with Gasteiger partial charge in [0.15, 0.2) is 11.4 Å². The van der Waals surface area contributed by atoms with Crippen LogP contribution in [0.2, 0.25) is 0 Å². The van der Waals surface area contributed by atoms with E-state index in [-0.39, 0.29) is 0 Å². The van der Waals surface area contributed by atoms with Crippen molar-refractivity contribution in [2.45, 2.75) is 0 Å². The van der Waals surface area contributed by atoms with Crippen molar-refractivity contribution in [3.8, 4) is 44.9 Å². The van der Waals surface area contributed by atoms with Gasteiger partial charge in [-0.15, -0.1) is 0 Å². The van der Waals surface area contributed by atoms with E-state index in [2.05, 4.69) is 133 Å². The number of hydrogen-bond donors (Lipinski definition) is 0. The highest BCUT2D eigenvalue weighted by molar-refractivity contribution is 6.35. The molecule has 4 heteroatoms. The molecule has 0 aliphatic heterocycles. The summed E-state index contributed by atoms with van der Waals surface area (Å²) in [5.74, 6) is 0.647. The SMILES string of the molecule is c1ccc(-c2cccc(-c3nc(-c4ccccc4-c4ccc5oc6cccc7c8ccccc8c4c5c67)nc4c3oc3ccccc34)c2)cc1. The van der Waals surface area contributed by atoms with Crippen molar-refractivity contribution in [3.05, 3.63) is 158 Å². The van der Waals surface area contributed by atoms with Crippen molar-refractivity contribution in [2.75, 3.05) is 0 Å². The zero-order chi connectivity index (χ0) is 32.8. The second-order valence-corrected chi connectivity index (χ2v) is 12.9. The predicted molar refractivity (Wildman–Crippen MR) is 205 cm³/mol. The van der Waals surface area contributed by atoms with Crippen LogP contribution in [0.1, 0.15) is 0 Å². The predicted octanol–water partition coefficient (Wildman–Crippen LogP) is 12.7. The van der Waals surface area contributed by atoms with Crippen LogP contribution in [0.25, 0.3) is 110 Å². The number of fused-ring (bicyclic) bond motifs is 6. The van der Waals surface area contributed by atoms with Crippen molar-refractivity contribution in [2.24, 2.45) is 0 Å². The Morgan fingerprint density at radius 3 is 1.90 bits per heavy atom. The number of aromatic nitrogens is 2. The zero-order valence-corrected chi connectivity index (χ0v) is 26.7. The fraction of sp³-hybridized carbons (Fsp3) is 0. The maximum absolute atomic E-state index is 6.52. The Bertz CT molecular complexity index is 3100. The summed E-state index contributed by atoms with van der Waals surface area (Å²) in [6, 6.07) is 54.8. The molecule has 4 nitrogen and oxygen atoms in total. The Kier molecular flexibility index (Phi) is 5.63. The molecule has 50 heavy (non-hydrogen) atoms. The van der Waals surface area contributed by atoms with Gasteiger partial charge in [-0.05, 0) is 74.8 Å². The van der Waals surface area contributed by atoms with Crippen LogP contribution in [0.5, 0.6) is 0 Å². The molecule has 3 heterocycles. The molecule has 0 unspecified atom stereocenters. The first-order chi connectivity index (χ1) is 24.8. The summed E-state index contributed by atoms with van der Waals surface area (Å²) in [6.07, 6.45) is 0. The second-order valence-electron chi connectivity index (χ2n) is 12.9. The number of rotatable bonds is 4. The van der Waals surface area contributed by atoms with Gasteiger partial charge in [-0.25, -0.2) is 9.97 Å². The third kappa shape index (κ3) is 3.87. The first-order valence-corrected chi connectivity index (χ1v) is 16.8. The van der Waals surface area contributed by atoms with E-state index >= 15 is 0 Å². The molecule has 0 amide bonds. The topological polar surface area (TPSA) is 52.1 Å². The van der Waals surface area contributed by atoms with Crippen LogP contribution in [0.4, 0.5) is 0 Å². The molecule has 232 valence electrons. The van der Waals surface area contributed by atoms with Crippen molar-refractivity contribution < 1.29 is 8.83 Å². The number of hydrogen-bond acceptors (Lipinski definition) is 4. The molecule has 11 aromatic rings. The first-order valence-electron chi connectivity index (χ1n) is 16.8. The molecule has 0 saturated heterocycles. The van der Waals surface area contributed by atoms with Gasteiger partial charge in [0.1, 0.15) is 28.0 Å². The molecule has 0 saturated carbocycles. The molecular weight excluding hydrogens is 613 g/mol. The molecular formula is C46H26N2O2. The Balaban J connectivity index is 1.21. The third-order valence-electron chi connectivity index (χ3n) is 10.1. The Labute approximate surface area is 286 Å². The maximum atomic E-state index is 6.52. The summed E-state index contributed by atoms with van der Waals surface area (Å²) >= 11 is 0. The minimum Gasteiger partial charge on any atom is -0.456 e. The van der Waals surface area contributed by atoms with E-state index in [0.717, 1.165) is 72.1 Å². The lowest BCUT2D eigenvalue weighted by molar-refractivity contribution is 0.667. The number of furan rings is 2. The lowest BCUT2D eigenvalue weighted by Gasteiger charge is -2.15. The first kappa shape index (κ1) is 27.2. The van der Waals surface area contributed by atoms with Gasteiger partial charge in [0.25, 0.3) is 0 Å². The summed E-state index contributed by atoms with van der Waals surface area (Å²) in [5.41, 5.74) is 11.2. The van der Waals surface area contributed by atoms with Gasteiger partial charge in [0.2, 0.25) is 0 Å². The second kappa shape index (κ2) is 10.4. The molecule has 11 rings (SSSR count). The molecule has 0 N–H and O–H groups in total. The highest BCUT2D eigenvalue weighted by Crippen LogP contribution is 2.47. The molecule has 0 radical (unpaired) electrons. The molecule has 0 atom stereocenters. The van der Waals surface area contributed by atoms with E-state index in [4.69, 9.17) is 18.8 Å². The fourth-order valence-electron chi connectivity index (χ4n) is 7.87. The van der Waals surface area contributed by atoms with Crippen molar-refractivity contribution in [1.82, 2.24) is 9.97 Å². The zero-order valence-electron chi connectivity index (χ0n) is 26.7. The Hall–Kier alpha value is -6.78. The minimum atomic E-state index is 0.647. The molecule has 0 aliphatic carbocycles. The summed E-state index contributed by atoms with van der Waals surface area (Å²) in [4.78, 5) is 10.6. The van der Waals surface area contributed by atoms with Crippen molar-refractivity contribution in [1.29, 1.82) is 0 Å². The van der Waals surface area contributed by atoms with Crippen LogP contribution in [-0.4, -0.2) is 9.97 Å². The quantitative estimate of drug-likeness (QED) is 0.180. The van der Waals surface area contributed by atoms with Gasteiger partial charge in [-0.2, -0.15) is 0 Å². The Morgan fingerprint density at radius 2 is 1.00 bits per heavy atom. The van der Waals surface area contributed by atoms with Gasteiger partial charge in [-0.1, -0.05) is 121 Å². The van der Waals surface area contributed by atoms with Gasteiger partial charge in [0, 0.05) is 32.7 Å². The standard InChI is InChI=1S/C46H26N2O2/c1-2-12-27(13-3-1)28-14-10-15-29(26-28)43-45-44(36-20-8-9-22-37(36)50-45)48-46(47-43)35-19-7-5-17-31(35)34-24-25-39-42-40(34)32-18-6-4-16-30(32)33-21-11-23-38(49-39)41(33)42/h1-26H. The average Bonchev–Trinajstić information content (AvgIpc) is 3.76. The lowest BCUT2D eigenvalue weighted by Crippen LogP contribution is -1.96. The summed E-state index contributed by atoms with van der Waals surface area (Å²) < 4.78 is 13.0. The number of benzene rings is 8. The van der Waals surface area contributed by atoms with Gasteiger partial charge < -0.3 is 8.83 Å². The van der Waals surface area contributed by atoms with Crippen molar-refractivity contribution in [3.63, 3.8) is 0 Å². The molecule has 0 bridgehead atoms. The number of para-hydroxylation sites is 1. The van der Waals surface area contributed by atoms with Gasteiger partial charge in [-0.3, -0.25) is 0 Å². The van der Waals surface area contributed by atoms with Gasteiger partial charge in [0.05, 0.1) is 0 Å². The van der Waals surface area contributed by atoms with Crippen LogP contribution in [0, 0.1) is 0 Å². The van der Waals surface area contributed by atoms with Gasteiger partial charge >= 0.3 is 0 Å². The van der Waals surface area contributed by atoms with E-state index in [1.807, 2.05) is 24.3 Å². The molecule has 0 fully saturated rings. The molecule has 0 spiro atoms. The normalized spacial score (nSPS) is 12.0. The van der Waals surface area contributed by atoms with Crippen LogP contribution < -0.4 is 0 Å². The van der Waals surface area contributed by atoms with E-state index in [1.54, 1.807) is 0 Å². The highest BCUT2D eigenvalue weighted by Gasteiger charge is 2.23. The van der Waals surface area contributed by atoms with Crippen LogP contribution in [0.15, 0.2) is 167 Å². The monoisotopic (exact) mass is 638 g/mol. The van der Waals surface area contributed by atoms with E-state index in [0.29, 0.717) is 11.4 Å². The smallest absolute Gasteiger partial charge is 0.180 e. The average molecular weight is 639 g/mol. The van der Waals surface area contributed by atoms with E-state index in [1.165, 1.54) is 26.9 Å². The van der Waals surface area contributed by atoms with E-state index in [9.17, 15) is 0 Å². The molecule has 0 aliphatic rings. The van der Waals surface area contributed by atoms with Crippen LogP contribution in [-0.2, 0) is 0 Å². The number of nitrogens with zero attached hydrogens (tertiary/aromatic N) is 2. The fourth-order valence-corrected chi connectivity index (χ4v) is 7.87. The van der Waals surface area contributed by atoms with Crippen LogP contribution in [0.3, 0.4) is 0 Å². The largest absolute Gasteiger partial charge is 0.456 e. The van der Waals surface area contributed by atoms with Crippen LogP contribution >= 0.6 is 0 Å². The molecule has 3 aromatic heterocycles. The van der Waals surface area contributed by atoms with Crippen molar-refractivity contribution >= 4 is 65.6 Å². The minimum absolute atomic E-state index is 0.647. The summed E-state index contributed by atoms with van der Waals surface area (Å²) in [7, 11) is 0. The summed E-state index contributed by atoms with van der Waals surface area (Å²) in [5, 5.41) is 8.07. The maximum Gasteiger partial charge on any atom is 0.180 e. The molecule has 8 aromatic carbocycles. The summed E-state index contributed by atoms with van der Waals surface area (Å²) in [6.45, 7) is 0. The van der Waals surface area contributed by atoms with E-state index < -0.39 is 0 Å². The highest BCUT2D eigenvalue weighted by atomic mass is 16.3. The lowest BCUT2D eigenvalue weighted by atomic mass is 9.88.